The fraction of sp³-hybridized carbons (Fsp3) is 0.407. The summed E-state index contributed by atoms with van der Waals surface area (Å²) in [7, 11) is 5.69. The molecule has 0 amide bonds. The van der Waals surface area contributed by atoms with Gasteiger partial charge < -0.3 is 9.64 Å². The van der Waals surface area contributed by atoms with Gasteiger partial charge in [-0.25, -0.2) is 4.40 Å². The lowest BCUT2D eigenvalue weighted by molar-refractivity contribution is 0.183. The molecule has 5 nitrogen and oxygen atoms in total. The normalized spacial score (nSPS) is 14.8. The molecule has 3 aromatic rings. The molecule has 0 bridgehead atoms. The van der Waals surface area contributed by atoms with Crippen LogP contribution in [0.4, 0.5) is 0 Å². The van der Waals surface area contributed by atoms with E-state index < -0.39 is 0 Å². The molecular weight excluding hydrogens is 508 g/mol. The van der Waals surface area contributed by atoms with Gasteiger partial charge in [0.15, 0.2) is 0 Å². The summed E-state index contributed by atoms with van der Waals surface area (Å²) >= 11 is 4.99. The van der Waals surface area contributed by atoms with Gasteiger partial charge in [0.1, 0.15) is 5.75 Å². The molecule has 1 aromatic heterocycles. The van der Waals surface area contributed by atoms with E-state index in [1.165, 1.54) is 59.8 Å². The number of benzene rings is 2. The SMILES string of the molecule is COc1ccc(S/N=C/N(C)C)cc1CN1CCC(C)CC1.Cc1cc2ccncc2cc1Br. The molecule has 1 aliphatic rings. The molecule has 1 saturated heterocycles. The molecule has 4 rings (SSSR count). The summed E-state index contributed by atoms with van der Waals surface area (Å²) < 4.78 is 11.0. The Bertz CT molecular complexity index is 1060. The lowest BCUT2D eigenvalue weighted by Crippen LogP contribution is -2.32. The summed E-state index contributed by atoms with van der Waals surface area (Å²) in [5, 5.41) is 2.42. The number of hydrogen-bond acceptors (Lipinski definition) is 5. The van der Waals surface area contributed by atoms with Gasteiger partial charge in [0.25, 0.3) is 0 Å². The van der Waals surface area contributed by atoms with Gasteiger partial charge in [-0.05, 0) is 80.1 Å². The zero-order valence-corrected chi connectivity index (χ0v) is 23.2. The van der Waals surface area contributed by atoms with Crippen molar-refractivity contribution in [1.82, 2.24) is 14.8 Å². The molecule has 0 unspecified atom stereocenters. The summed E-state index contributed by atoms with van der Waals surface area (Å²) in [4.78, 5) is 9.67. The molecule has 1 aliphatic heterocycles. The van der Waals surface area contributed by atoms with Gasteiger partial charge in [0, 0.05) is 65.3 Å². The minimum Gasteiger partial charge on any atom is -0.496 e. The van der Waals surface area contributed by atoms with Gasteiger partial charge in [-0.1, -0.05) is 28.9 Å². The Balaban J connectivity index is 0.000000226. The first-order chi connectivity index (χ1) is 16.4. The van der Waals surface area contributed by atoms with Crippen LogP contribution in [0.3, 0.4) is 0 Å². The zero-order chi connectivity index (χ0) is 24.5. The van der Waals surface area contributed by atoms with E-state index in [1.54, 1.807) is 7.11 Å². The molecule has 0 atom stereocenters. The molecule has 7 heteroatoms. The van der Waals surface area contributed by atoms with Gasteiger partial charge in [-0.2, -0.15) is 0 Å². The number of piperidine rings is 1. The standard InChI is InChI=1S/C17H27N3OS.C10H8BrN/c1-14-7-9-20(10-8-14)12-15-11-16(5-6-17(15)21-4)22-18-13-19(2)3;1-7-4-8-2-3-12-6-9(8)5-10(7)11/h5-6,11,13-14H,7-10,12H2,1-4H3;2-6H,1H3/b18-13+;. The third-order valence-electron chi connectivity index (χ3n) is 5.88. The van der Waals surface area contributed by atoms with Crippen LogP contribution >= 0.6 is 27.9 Å². The molecule has 0 saturated carbocycles. The van der Waals surface area contributed by atoms with Crippen LogP contribution in [0.5, 0.6) is 5.75 Å². The summed E-state index contributed by atoms with van der Waals surface area (Å²) in [6.07, 6.45) is 8.10. The van der Waals surface area contributed by atoms with E-state index >= 15 is 0 Å². The van der Waals surface area contributed by atoms with Crippen molar-refractivity contribution >= 4 is 45.0 Å². The second-order valence-electron chi connectivity index (χ2n) is 9.03. The van der Waals surface area contributed by atoms with Crippen molar-refractivity contribution in [2.45, 2.75) is 38.1 Å². The lowest BCUT2D eigenvalue weighted by Gasteiger charge is -2.30. The van der Waals surface area contributed by atoms with E-state index in [0.29, 0.717) is 0 Å². The number of ether oxygens (including phenoxy) is 1. The zero-order valence-electron chi connectivity index (χ0n) is 20.8. The Morgan fingerprint density at radius 2 is 1.94 bits per heavy atom. The first-order valence-corrected chi connectivity index (χ1v) is 13.2. The number of hydrogen-bond donors (Lipinski definition) is 0. The van der Waals surface area contributed by atoms with Gasteiger partial charge >= 0.3 is 0 Å². The Morgan fingerprint density at radius 1 is 1.18 bits per heavy atom. The van der Waals surface area contributed by atoms with Crippen molar-refractivity contribution in [2.75, 3.05) is 34.3 Å². The van der Waals surface area contributed by atoms with Crippen molar-refractivity contribution < 1.29 is 4.74 Å². The molecule has 34 heavy (non-hydrogen) atoms. The smallest absolute Gasteiger partial charge is 0.123 e. The topological polar surface area (TPSA) is 41.0 Å². The number of fused-ring (bicyclic) bond motifs is 1. The fourth-order valence-electron chi connectivity index (χ4n) is 3.80. The lowest BCUT2D eigenvalue weighted by atomic mass is 9.99. The van der Waals surface area contributed by atoms with Crippen molar-refractivity contribution in [2.24, 2.45) is 10.3 Å². The van der Waals surface area contributed by atoms with Crippen LogP contribution in [0.2, 0.25) is 0 Å². The number of rotatable bonds is 6. The number of likely N-dealkylation sites (tertiary alicyclic amines) is 1. The third kappa shape index (κ3) is 8.00. The van der Waals surface area contributed by atoms with Crippen molar-refractivity contribution in [3.63, 3.8) is 0 Å². The molecule has 0 N–H and O–H groups in total. The second-order valence-corrected chi connectivity index (χ2v) is 10.8. The predicted molar refractivity (Wildman–Crippen MR) is 149 cm³/mol. The molecule has 1 fully saturated rings. The molecule has 0 aliphatic carbocycles. The maximum absolute atomic E-state index is 5.52. The molecule has 0 spiro atoms. The van der Waals surface area contributed by atoms with Crippen LogP contribution in [0.25, 0.3) is 10.8 Å². The van der Waals surface area contributed by atoms with Crippen LogP contribution in [-0.2, 0) is 6.54 Å². The predicted octanol–water partition coefficient (Wildman–Crippen LogP) is 6.83. The van der Waals surface area contributed by atoms with E-state index in [-0.39, 0.29) is 0 Å². The van der Waals surface area contributed by atoms with E-state index in [9.17, 15) is 0 Å². The molecule has 182 valence electrons. The number of halogens is 1. The first-order valence-electron chi connectivity index (χ1n) is 11.6. The highest BCUT2D eigenvalue weighted by molar-refractivity contribution is 9.10. The maximum Gasteiger partial charge on any atom is 0.123 e. The highest BCUT2D eigenvalue weighted by Crippen LogP contribution is 2.29. The Labute approximate surface area is 216 Å². The van der Waals surface area contributed by atoms with E-state index in [0.717, 1.165) is 27.6 Å². The number of aromatic nitrogens is 1. The van der Waals surface area contributed by atoms with Crippen molar-refractivity contribution in [3.05, 3.63) is 64.4 Å². The Morgan fingerprint density at radius 3 is 2.65 bits per heavy atom. The summed E-state index contributed by atoms with van der Waals surface area (Å²) in [5.74, 6) is 1.83. The van der Waals surface area contributed by atoms with E-state index in [4.69, 9.17) is 4.74 Å². The Kier molecular flexibility index (Phi) is 10.2. The van der Waals surface area contributed by atoms with Crippen LogP contribution in [0.15, 0.2) is 62.6 Å². The third-order valence-corrected chi connectivity index (χ3v) is 7.40. The molecular formula is C27H35BrN4OS. The summed E-state index contributed by atoms with van der Waals surface area (Å²) in [5.41, 5.74) is 2.51. The van der Waals surface area contributed by atoms with Crippen LogP contribution in [-0.4, -0.2) is 55.4 Å². The Hall–Kier alpha value is -2.09. The summed E-state index contributed by atoms with van der Waals surface area (Å²) in [6, 6.07) is 12.6. The average Bonchev–Trinajstić information content (AvgIpc) is 2.82. The monoisotopic (exact) mass is 542 g/mol. The van der Waals surface area contributed by atoms with Gasteiger partial charge in [-0.15, -0.1) is 0 Å². The van der Waals surface area contributed by atoms with Gasteiger partial charge in [0.2, 0.25) is 0 Å². The van der Waals surface area contributed by atoms with Crippen LogP contribution in [0.1, 0.15) is 30.9 Å². The number of pyridine rings is 1. The first kappa shape index (κ1) is 26.5. The van der Waals surface area contributed by atoms with E-state index in [2.05, 4.69) is 74.4 Å². The van der Waals surface area contributed by atoms with Crippen molar-refractivity contribution in [1.29, 1.82) is 0 Å². The highest BCUT2D eigenvalue weighted by Gasteiger charge is 2.17. The minimum absolute atomic E-state index is 0.861. The van der Waals surface area contributed by atoms with Crippen LogP contribution < -0.4 is 4.74 Å². The quantitative estimate of drug-likeness (QED) is 0.194. The number of methoxy groups -OCH3 is 1. The van der Waals surface area contributed by atoms with Gasteiger partial charge in [0.05, 0.1) is 13.4 Å². The number of nitrogens with zero attached hydrogens (tertiary/aromatic N) is 4. The van der Waals surface area contributed by atoms with E-state index in [1.807, 2.05) is 43.8 Å². The maximum atomic E-state index is 5.52. The number of aryl methyl sites for hydroxylation is 1. The second kappa shape index (κ2) is 13.1. The molecule has 2 heterocycles. The average molecular weight is 544 g/mol. The summed E-state index contributed by atoms with van der Waals surface area (Å²) in [6.45, 7) is 7.75. The molecule has 2 aromatic carbocycles. The molecule has 0 radical (unpaired) electrons. The van der Waals surface area contributed by atoms with Crippen molar-refractivity contribution in [3.8, 4) is 5.75 Å². The largest absolute Gasteiger partial charge is 0.496 e. The fourth-order valence-corrected chi connectivity index (χ4v) is 4.84. The minimum atomic E-state index is 0.861. The van der Waals surface area contributed by atoms with Gasteiger partial charge in [-0.3, -0.25) is 9.88 Å². The highest BCUT2D eigenvalue weighted by atomic mass is 79.9. The van der Waals surface area contributed by atoms with Crippen LogP contribution in [0, 0.1) is 12.8 Å².